The van der Waals surface area contributed by atoms with Crippen molar-refractivity contribution in [2.45, 2.75) is 19.4 Å². The van der Waals surface area contributed by atoms with E-state index in [0.29, 0.717) is 29.2 Å². The third-order valence-corrected chi connectivity index (χ3v) is 6.13. The lowest BCUT2D eigenvalue weighted by Gasteiger charge is -2.26. The number of amides is 1. The molecule has 0 aromatic heterocycles. The average molecular weight is 522 g/mol. The van der Waals surface area contributed by atoms with Crippen LogP contribution in [-0.2, 0) is 9.59 Å². The number of Topliss-reactive ketones (excluding diaryl/α,β-unsaturated/α-hetero) is 1. The molecule has 3 aromatic carbocycles. The van der Waals surface area contributed by atoms with Crippen LogP contribution >= 0.6 is 0 Å². The number of carbonyl (C=O) groups is 2. The fraction of sp³-hybridized carbons (Fsp3) is 0.241. The Kier molecular flexibility index (Phi) is 7.85. The summed E-state index contributed by atoms with van der Waals surface area (Å²) in [6.45, 7) is 2.52. The lowest BCUT2D eigenvalue weighted by Crippen LogP contribution is -2.29. The zero-order chi connectivity index (χ0) is 27.4. The highest BCUT2D eigenvalue weighted by Crippen LogP contribution is 2.47. The Labute approximate surface area is 219 Å². The molecule has 1 saturated heterocycles. The molecule has 1 amide bonds. The number of ketones is 1. The number of halogens is 1. The van der Waals surface area contributed by atoms with Crippen molar-refractivity contribution in [1.29, 1.82) is 0 Å². The second-order valence-electron chi connectivity index (χ2n) is 8.48. The molecule has 38 heavy (non-hydrogen) atoms. The van der Waals surface area contributed by atoms with Gasteiger partial charge in [-0.15, -0.1) is 0 Å². The molecule has 1 heterocycles. The van der Waals surface area contributed by atoms with Gasteiger partial charge in [-0.3, -0.25) is 14.5 Å². The van der Waals surface area contributed by atoms with Crippen molar-refractivity contribution in [2.24, 2.45) is 0 Å². The summed E-state index contributed by atoms with van der Waals surface area (Å²) < 4.78 is 36.2. The normalized spacial score (nSPS) is 16.4. The molecular weight excluding hydrogens is 493 g/mol. The van der Waals surface area contributed by atoms with Gasteiger partial charge in [0.25, 0.3) is 11.7 Å². The quantitative estimate of drug-likeness (QED) is 0.233. The van der Waals surface area contributed by atoms with Crippen LogP contribution in [0.25, 0.3) is 5.76 Å². The first-order chi connectivity index (χ1) is 18.3. The second kappa shape index (κ2) is 11.2. The molecule has 4 rings (SSSR count). The van der Waals surface area contributed by atoms with Crippen molar-refractivity contribution in [3.63, 3.8) is 0 Å². The van der Waals surface area contributed by atoms with Gasteiger partial charge in [0.2, 0.25) is 5.75 Å². The van der Waals surface area contributed by atoms with Crippen LogP contribution in [0.2, 0.25) is 0 Å². The minimum atomic E-state index is -1.12. The first-order valence-corrected chi connectivity index (χ1v) is 11.9. The number of aliphatic hydroxyl groups is 1. The Bertz CT molecular complexity index is 1360. The molecule has 1 fully saturated rings. The molecule has 1 N–H and O–H groups in total. The fourth-order valence-corrected chi connectivity index (χ4v) is 4.38. The molecule has 3 aromatic rings. The van der Waals surface area contributed by atoms with E-state index in [9.17, 15) is 19.1 Å². The molecule has 0 bridgehead atoms. The third-order valence-electron chi connectivity index (χ3n) is 6.13. The van der Waals surface area contributed by atoms with E-state index >= 15 is 0 Å². The Morgan fingerprint density at radius 3 is 2.16 bits per heavy atom. The van der Waals surface area contributed by atoms with E-state index < -0.39 is 23.5 Å². The number of hydrogen-bond acceptors (Lipinski definition) is 7. The van der Waals surface area contributed by atoms with Gasteiger partial charge in [0.05, 0.1) is 39.6 Å². The Morgan fingerprint density at radius 2 is 1.61 bits per heavy atom. The third kappa shape index (κ3) is 4.87. The van der Waals surface area contributed by atoms with Crippen LogP contribution in [0.1, 0.15) is 30.5 Å². The Balaban J connectivity index is 1.94. The van der Waals surface area contributed by atoms with Crippen molar-refractivity contribution in [1.82, 2.24) is 0 Å². The summed E-state index contributed by atoms with van der Waals surface area (Å²) in [7, 11) is 4.33. The standard InChI is InChI=1S/C29H28FNO7/c1-5-13-38-21-11-9-17(10-12-21)26(32)24-25(18-14-22(35-2)28(37-4)23(15-18)36-3)31(29(34)27(24)33)20-8-6-7-19(30)16-20/h6-12,14-16,25,32H,5,13H2,1-4H3/b26-24+. The SMILES string of the molecule is CCCOc1ccc(/C(O)=C2\C(=O)C(=O)N(c3cccc(F)c3)C2c2cc(OC)c(OC)c(OC)c2)cc1. The average Bonchev–Trinajstić information content (AvgIpc) is 3.20. The Morgan fingerprint density at radius 1 is 0.947 bits per heavy atom. The van der Waals surface area contributed by atoms with Crippen LogP contribution < -0.4 is 23.8 Å². The molecule has 1 aliphatic rings. The number of anilines is 1. The summed E-state index contributed by atoms with van der Waals surface area (Å²) in [5.41, 5.74) is 0.667. The largest absolute Gasteiger partial charge is 0.507 e. The first-order valence-electron chi connectivity index (χ1n) is 11.9. The van der Waals surface area contributed by atoms with Gasteiger partial charge in [0.15, 0.2) is 11.5 Å². The lowest BCUT2D eigenvalue weighted by molar-refractivity contribution is -0.132. The molecule has 1 atom stereocenters. The summed E-state index contributed by atoms with van der Waals surface area (Å²) >= 11 is 0. The Hall–Kier alpha value is -4.53. The highest BCUT2D eigenvalue weighted by atomic mass is 19.1. The van der Waals surface area contributed by atoms with Gasteiger partial charge in [0.1, 0.15) is 17.3 Å². The first kappa shape index (κ1) is 26.5. The number of ether oxygens (including phenoxy) is 4. The molecule has 0 spiro atoms. The van der Waals surface area contributed by atoms with E-state index in [1.165, 1.54) is 39.5 Å². The van der Waals surface area contributed by atoms with Crippen LogP contribution in [0.3, 0.4) is 0 Å². The summed E-state index contributed by atoms with van der Waals surface area (Å²) in [6.07, 6.45) is 0.833. The van der Waals surface area contributed by atoms with Crippen molar-refractivity contribution in [3.8, 4) is 23.0 Å². The maximum Gasteiger partial charge on any atom is 0.300 e. The van der Waals surface area contributed by atoms with Gasteiger partial charge < -0.3 is 24.1 Å². The van der Waals surface area contributed by atoms with E-state index in [-0.39, 0.29) is 28.5 Å². The summed E-state index contributed by atoms with van der Waals surface area (Å²) in [5, 5.41) is 11.4. The van der Waals surface area contributed by atoms with E-state index in [2.05, 4.69) is 0 Å². The molecule has 8 nitrogen and oxygen atoms in total. The fourth-order valence-electron chi connectivity index (χ4n) is 4.38. The van der Waals surface area contributed by atoms with Gasteiger partial charge in [-0.1, -0.05) is 13.0 Å². The highest BCUT2D eigenvalue weighted by molar-refractivity contribution is 6.51. The number of hydrogen-bond donors (Lipinski definition) is 1. The van der Waals surface area contributed by atoms with E-state index in [4.69, 9.17) is 18.9 Å². The van der Waals surface area contributed by atoms with Gasteiger partial charge in [0, 0.05) is 11.3 Å². The van der Waals surface area contributed by atoms with Crippen molar-refractivity contribution < 1.29 is 38.0 Å². The predicted octanol–water partition coefficient (Wildman–Crippen LogP) is 5.27. The van der Waals surface area contributed by atoms with Crippen LogP contribution in [0.4, 0.5) is 10.1 Å². The summed E-state index contributed by atoms with van der Waals surface area (Å²) in [5.74, 6) is -1.34. The molecule has 0 radical (unpaired) electrons. The number of aliphatic hydroxyl groups excluding tert-OH is 1. The predicted molar refractivity (Wildman–Crippen MR) is 140 cm³/mol. The van der Waals surface area contributed by atoms with E-state index in [1.54, 1.807) is 36.4 Å². The monoisotopic (exact) mass is 521 g/mol. The summed E-state index contributed by atoms with van der Waals surface area (Å²) in [6, 6.07) is 13.9. The minimum absolute atomic E-state index is 0.146. The molecule has 198 valence electrons. The second-order valence-corrected chi connectivity index (χ2v) is 8.48. The van der Waals surface area contributed by atoms with Crippen molar-refractivity contribution in [3.05, 3.63) is 83.2 Å². The molecule has 9 heteroatoms. The van der Waals surface area contributed by atoms with Crippen LogP contribution in [0.5, 0.6) is 23.0 Å². The molecule has 0 aliphatic carbocycles. The van der Waals surface area contributed by atoms with Crippen molar-refractivity contribution in [2.75, 3.05) is 32.8 Å². The maximum atomic E-state index is 14.2. The van der Waals surface area contributed by atoms with Crippen LogP contribution in [0.15, 0.2) is 66.2 Å². The molecule has 1 unspecified atom stereocenters. The number of rotatable bonds is 9. The molecule has 1 aliphatic heterocycles. The lowest BCUT2D eigenvalue weighted by atomic mass is 9.94. The van der Waals surface area contributed by atoms with E-state index in [0.717, 1.165) is 17.4 Å². The maximum absolute atomic E-state index is 14.2. The minimum Gasteiger partial charge on any atom is -0.507 e. The van der Waals surface area contributed by atoms with Gasteiger partial charge in [-0.25, -0.2) is 4.39 Å². The molecule has 0 saturated carbocycles. The summed E-state index contributed by atoms with van der Waals surface area (Å²) in [4.78, 5) is 27.9. The molecular formula is C29H28FNO7. The zero-order valence-electron chi connectivity index (χ0n) is 21.5. The topological polar surface area (TPSA) is 94.5 Å². The van der Waals surface area contributed by atoms with Crippen molar-refractivity contribution >= 4 is 23.1 Å². The van der Waals surface area contributed by atoms with Gasteiger partial charge in [-0.05, 0) is 66.6 Å². The number of nitrogens with zero attached hydrogens (tertiary/aromatic N) is 1. The number of benzene rings is 3. The van der Waals surface area contributed by atoms with Gasteiger partial charge in [-0.2, -0.15) is 0 Å². The highest BCUT2D eigenvalue weighted by Gasteiger charge is 2.47. The van der Waals surface area contributed by atoms with E-state index in [1.807, 2.05) is 6.92 Å². The smallest absolute Gasteiger partial charge is 0.300 e. The zero-order valence-corrected chi connectivity index (χ0v) is 21.5. The van der Waals surface area contributed by atoms with Crippen LogP contribution in [0, 0.1) is 5.82 Å². The number of carbonyl (C=O) groups excluding carboxylic acids is 2. The van der Waals surface area contributed by atoms with Gasteiger partial charge >= 0.3 is 0 Å². The van der Waals surface area contributed by atoms with Crippen LogP contribution in [-0.4, -0.2) is 44.7 Å². The number of methoxy groups -OCH3 is 3.